The molecule has 2 aliphatic rings. The molecule has 2 bridgehead atoms. The quantitative estimate of drug-likeness (QED) is 0.544. The number of halogens is 4. The van der Waals surface area contributed by atoms with Crippen molar-refractivity contribution in [3.8, 4) is 16.9 Å². The minimum Gasteiger partial charge on any atom is -0.489 e. The van der Waals surface area contributed by atoms with Gasteiger partial charge in [-0.05, 0) is 42.0 Å². The molecule has 3 atom stereocenters. The van der Waals surface area contributed by atoms with E-state index in [0.717, 1.165) is 11.1 Å². The largest absolute Gasteiger partial charge is 0.489 e. The maximum absolute atomic E-state index is 14.7. The molecule has 4 nitrogen and oxygen atoms in total. The third-order valence-corrected chi connectivity index (χ3v) is 6.26. The zero-order chi connectivity index (χ0) is 22.0. The van der Waals surface area contributed by atoms with Gasteiger partial charge in [0.15, 0.2) is 11.6 Å². The molecular formula is C22H22F4N2O2S. The molecule has 4 rings (SSSR count). The summed E-state index contributed by atoms with van der Waals surface area (Å²) in [5, 5.41) is 0. The van der Waals surface area contributed by atoms with E-state index in [1.54, 1.807) is 23.1 Å². The van der Waals surface area contributed by atoms with Gasteiger partial charge in [-0.1, -0.05) is 36.4 Å². The standard InChI is InChI=1S/C22H22F4N2O2S/c23-16-7-9-28-18(20(16)27-31-22(25)26)12-13-3-1-4-14(11-13)15-5-2-6-17(24)21(15)30-10-8-19(28)29/h1-6,11,16,18,20,22,27H,7-10,12H2. The third-order valence-electron chi connectivity index (χ3n) is 5.68. The summed E-state index contributed by atoms with van der Waals surface area (Å²) in [6, 6.07) is 10.3. The molecule has 166 valence electrons. The Labute approximate surface area is 182 Å². The lowest BCUT2D eigenvalue weighted by atomic mass is 9.89. The molecule has 1 N–H and O–H groups in total. The molecule has 1 amide bonds. The van der Waals surface area contributed by atoms with Crippen LogP contribution in [0.2, 0.25) is 0 Å². The van der Waals surface area contributed by atoms with Crippen LogP contribution in [0.5, 0.6) is 5.75 Å². The molecule has 2 aliphatic heterocycles. The van der Waals surface area contributed by atoms with E-state index in [2.05, 4.69) is 4.72 Å². The van der Waals surface area contributed by atoms with Gasteiger partial charge in [0.05, 0.1) is 25.1 Å². The molecule has 2 aromatic rings. The first kappa shape index (κ1) is 22.0. The molecule has 2 heterocycles. The monoisotopic (exact) mass is 454 g/mol. The molecule has 0 saturated carbocycles. The van der Waals surface area contributed by atoms with Crippen LogP contribution in [-0.2, 0) is 11.2 Å². The van der Waals surface area contributed by atoms with Gasteiger partial charge in [-0.15, -0.1) is 0 Å². The zero-order valence-electron chi connectivity index (χ0n) is 16.6. The number of rotatable bonds is 3. The van der Waals surface area contributed by atoms with E-state index in [-0.39, 0.29) is 56.0 Å². The number of ether oxygens (including phenoxy) is 1. The Morgan fingerprint density at radius 2 is 2.00 bits per heavy atom. The first-order valence-corrected chi connectivity index (χ1v) is 11.0. The van der Waals surface area contributed by atoms with Gasteiger partial charge >= 0.3 is 0 Å². The Hall–Kier alpha value is -2.26. The van der Waals surface area contributed by atoms with Gasteiger partial charge in [-0.2, -0.15) is 8.78 Å². The fourth-order valence-corrected chi connectivity index (χ4v) is 4.81. The van der Waals surface area contributed by atoms with Gasteiger partial charge in [0.1, 0.15) is 6.17 Å². The van der Waals surface area contributed by atoms with Gasteiger partial charge in [0, 0.05) is 12.1 Å². The molecule has 1 saturated heterocycles. The second-order valence-electron chi connectivity index (χ2n) is 7.60. The minimum absolute atomic E-state index is 0.0239. The maximum Gasteiger partial charge on any atom is 0.297 e. The smallest absolute Gasteiger partial charge is 0.297 e. The lowest BCUT2D eigenvalue weighted by Crippen LogP contribution is -2.60. The molecule has 3 unspecified atom stereocenters. The highest BCUT2D eigenvalue weighted by molar-refractivity contribution is 7.97. The number of nitrogens with one attached hydrogen (secondary N) is 1. The van der Waals surface area contributed by atoms with Crippen molar-refractivity contribution < 1.29 is 27.1 Å². The molecular weight excluding hydrogens is 432 g/mol. The number of para-hydroxylation sites is 1. The van der Waals surface area contributed by atoms with Crippen molar-refractivity contribution in [1.82, 2.24) is 9.62 Å². The van der Waals surface area contributed by atoms with Crippen LogP contribution < -0.4 is 9.46 Å². The Kier molecular flexibility index (Phi) is 6.71. The fourth-order valence-electron chi connectivity index (χ4n) is 4.25. The predicted molar refractivity (Wildman–Crippen MR) is 111 cm³/mol. The summed E-state index contributed by atoms with van der Waals surface area (Å²) in [6.07, 6.45) is -1.04. The average Bonchev–Trinajstić information content (AvgIpc) is 2.74. The van der Waals surface area contributed by atoms with Crippen LogP contribution in [0.25, 0.3) is 11.1 Å². The van der Waals surface area contributed by atoms with E-state index < -0.39 is 29.8 Å². The van der Waals surface area contributed by atoms with Crippen LogP contribution in [0, 0.1) is 5.82 Å². The summed E-state index contributed by atoms with van der Waals surface area (Å²) in [4.78, 5) is 14.5. The van der Waals surface area contributed by atoms with E-state index in [4.69, 9.17) is 4.74 Å². The van der Waals surface area contributed by atoms with Crippen molar-refractivity contribution >= 4 is 17.9 Å². The SMILES string of the molecule is O=C1CCOc2c(F)cccc2-c2cccc(c2)CC2C(NSC(F)F)C(F)CCN12. The summed E-state index contributed by atoms with van der Waals surface area (Å²) in [7, 11) is 0. The van der Waals surface area contributed by atoms with Crippen LogP contribution in [-0.4, -0.2) is 48.0 Å². The maximum atomic E-state index is 14.7. The van der Waals surface area contributed by atoms with Crippen molar-refractivity contribution in [2.75, 3.05) is 13.2 Å². The predicted octanol–water partition coefficient (Wildman–Crippen LogP) is 4.59. The third kappa shape index (κ3) is 4.82. The normalized spacial score (nSPS) is 24.0. The van der Waals surface area contributed by atoms with Crippen molar-refractivity contribution in [3.63, 3.8) is 0 Å². The van der Waals surface area contributed by atoms with Gasteiger partial charge in [-0.3, -0.25) is 9.52 Å². The highest BCUT2D eigenvalue weighted by atomic mass is 32.2. The number of hydrogen-bond donors (Lipinski definition) is 1. The number of nitrogens with zero attached hydrogens (tertiary/aromatic N) is 1. The first-order chi connectivity index (χ1) is 14.9. The lowest BCUT2D eigenvalue weighted by molar-refractivity contribution is -0.137. The molecule has 2 aromatic carbocycles. The van der Waals surface area contributed by atoms with Crippen molar-refractivity contribution in [1.29, 1.82) is 0 Å². The van der Waals surface area contributed by atoms with E-state index in [1.807, 2.05) is 18.2 Å². The minimum atomic E-state index is -2.70. The Morgan fingerprint density at radius 3 is 2.81 bits per heavy atom. The molecule has 31 heavy (non-hydrogen) atoms. The van der Waals surface area contributed by atoms with Gasteiger partial charge in [-0.25, -0.2) is 8.78 Å². The molecule has 9 heteroatoms. The summed E-state index contributed by atoms with van der Waals surface area (Å²) in [6.45, 7) is 0.144. The average molecular weight is 454 g/mol. The highest BCUT2D eigenvalue weighted by Crippen LogP contribution is 2.35. The van der Waals surface area contributed by atoms with E-state index in [9.17, 15) is 22.4 Å². The Bertz CT molecular complexity index is 945. The molecule has 0 aliphatic carbocycles. The van der Waals surface area contributed by atoms with Gasteiger partial charge < -0.3 is 9.64 Å². The molecule has 0 spiro atoms. The van der Waals surface area contributed by atoms with Crippen LogP contribution in [0.15, 0.2) is 42.5 Å². The van der Waals surface area contributed by atoms with E-state index >= 15 is 0 Å². The van der Waals surface area contributed by atoms with Crippen LogP contribution >= 0.6 is 11.9 Å². The molecule has 1 fully saturated rings. The van der Waals surface area contributed by atoms with Crippen LogP contribution in [0.3, 0.4) is 0 Å². The topological polar surface area (TPSA) is 41.6 Å². The number of amides is 1. The van der Waals surface area contributed by atoms with Crippen molar-refractivity contribution in [3.05, 3.63) is 53.8 Å². The van der Waals surface area contributed by atoms with Crippen molar-refractivity contribution in [2.45, 2.75) is 43.3 Å². The lowest BCUT2D eigenvalue weighted by Gasteiger charge is -2.43. The number of benzene rings is 2. The number of carbonyl (C=O) groups is 1. The number of piperidine rings is 1. The van der Waals surface area contributed by atoms with Gasteiger partial charge in [0.25, 0.3) is 5.76 Å². The number of fused-ring (bicyclic) bond motifs is 5. The number of hydrogen-bond acceptors (Lipinski definition) is 4. The summed E-state index contributed by atoms with van der Waals surface area (Å²) >= 11 is 0.166. The van der Waals surface area contributed by atoms with Crippen LogP contribution in [0.4, 0.5) is 17.6 Å². The van der Waals surface area contributed by atoms with E-state index in [1.165, 1.54) is 6.07 Å². The number of carbonyl (C=O) groups excluding carboxylic acids is 1. The summed E-state index contributed by atoms with van der Waals surface area (Å²) < 4.78 is 62.9. The Balaban J connectivity index is 1.74. The zero-order valence-corrected chi connectivity index (χ0v) is 17.4. The highest BCUT2D eigenvalue weighted by Gasteiger charge is 2.41. The van der Waals surface area contributed by atoms with Crippen LogP contribution in [0.1, 0.15) is 18.4 Å². The second-order valence-corrected chi connectivity index (χ2v) is 8.43. The summed E-state index contributed by atoms with van der Waals surface area (Å²) in [5.41, 5.74) is 2.07. The van der Waals surface area contributed by atoms with Crippen molar-refractivity contribution in [2.24, 2.45) is 0 Å². The molecule has 0 aromatic heterocycles. The fraction of sp³-hybridized carbons (Fsp3) is 0.409. The Morgan fingerprint density at radius 1 is 1.19 bits per heavy atom. The van der Waals surface area contributed by atoms with E-state index in [0.29, 0.717) is 5.56 Å². The second kappa shape index (κ2) is 9.48. The molecule has 0 radical (unpaired) electrons. The number of alkyl halides is 3. The first-order valence-electron chi connectivity index (χ1n) is 10.1. The summed E-state index contributed by atoms with van der Waals surface area (Å²) in [5.74, 6) is -3.41. The van der Waals surface area contributed by atoms with Gasteiger partial charge in [0.2, 0.25) is 5.91 Å².